The standard InChI is InChI=1S/C6H10FO/c1-2-6(7)4-3-5-8/h6H,2-4H2,1H3. The summed E-state index contributed by atoms with van der Waals surface area (Å²) in [6.45, 7) is 1.76. The summed E-state index contributed by atoms with van der Waals surface area (Å²) in [5, 5.41) is 0. The molecule has 8 heavy (non-hydrogen) atoms. The van der Waals surface area contributed by atoms with Crippen molar-refractivity contribution < 1.29 is 9.18 Å². The summed E-state index contributed by atoms with van der Waals surface area (Å²) in [4.78, 5) is 9.53. The van der Waals surface area contributed by atoms with E-state index in [1.165, 1.54) is 0 Å². The molecule has 0 aromatic carbocycles. The second kappa shape index (κ2) is 4.75. The molecule has 0 bridgehead atoms. The first-order valence-corrected chi connectivity index (χ1v) is 2.80. The zero-order valence-electron chi connectivity index (χ0n) is 4.98. The molecular formula is C6H10FO. The van der Waals surface area contributed by atoms with Crippen molar-refractivity contribution in [2.75, 3.05) is 0 Å². The summed E-state index contributed by atoms with van der Waals surface area (Å²) in [5.74, 6) is 0. The third-order valence-corrected chi connectivity index (χ3v) is 1.00. The maximum absolute atomic E-state index is 12.1. The average molecular weight is 117 g/mol. The first-order valence-electron chi connectivity index (χ1n) is 2.80. The van der Waals surface area contributed by atoms with Gasteiger partial charge in [-0.25, -0.2) is 4.39 Å². The third-order valence-electron chi connectivity index (χ3n) is 1.00. The molecule has 0 aliphatic heterocycles. The van der Waals surface area contributed by atoms with Crippen LogP contribution >= 0.6 is 0 Å². The van der Waals surface area contributed by atoms with Crippen LogP contribution in [0.4, 0.5) is 4.39 Å². The second-order valence-corrected chi connectivity index (χ2v) is 1.69. The SMILES string of the molecule is CCC(F)CC[C]=O. The van der Waals surface area contributed by atoms with Gasteiger partial charge in [-0.15, -0.1) is 0 Å². The van der Waals surface area contributed by atoms with Crippen molar-refractivity contribution in [1.82, 2.24) is 0 Å². The molecule has 0 rings (SSSR count). The van der Waals surface area contributed by atoms with Gasteiger partial charge in [0.1, 0.15) is 6.17 Å². The number of hydrogen-bond donors (Lipinski definition) is 0. The van der Waals surface area contributed by atoms with Gasteiger partial charge in [0.25, 0.3) is 0 Å². The number of carbonyl (C=O) groups excluding carboxylic acids is 1. The normalized spacial score (nSPS) is 13.2. The molecule has 0 amide bonds. The van der Waals surface area contributed by atoms with Crippen LogP contribution in [-0.4, -0.2) is 12.5 Å². The first-order chi connectivity index (χ1) is 3.81. The minimum absolute atomic E-state index is 0.231. The Labute approximate surface area is 48.9 Å². The van der Waals surface area contributed by atoms with Gasteiger partial charge in [-0.1, -0.05) is 6.92 Å². The van der Waals surface area contributed by atoms with Gasteiger partial charge in [-0.2, -0.15) is 0 Å². The Morgan fingerprint density at radius 2 is 2.38 bits per heavy atom. The molecule has 2 heteroatoms. The molecular weight excluding hydrogens is 107 g/mol. The van der Waals surface area contributed by atoms with Crippen LogP contribution in [0.15, 0.2) is 0 Å². The fraction of sp³-hybridized carbons (Fsp3) is 0.833. The molecule has 0 aliphatic rings. The summed E-state index contributed by atoms with van der Waals surface area (Å²) in [5.41, 5.74) is 0. The molecule has 0 fully saturated rings. The van der Waals surface area contributed by atoms with E-state index in [1.807, 2.05) is 0 Å². The van der Waals surface area contributed by atoms with E-state index in [4.69, 9.17) is 0 Å². The summed E-state index contributed by atoms with van der Waals surface area (Å²) in [6, 6.07) is 0. The van der Waals surface area contributed by atoms with Gasteiger partial charge in [0.2, 0.25) is 0 Å². The van der Waals surface area contributed by atoms with Crippen molar-refractivity contribution in [3.05, 3.63) is 0 Å². The lowest BCUT2D eigenvalue weighted by molar-refractivity contribution is 0.308. The maximum Gasteiger partial charge on any atom is 0.198 e. The highest BCUT2D eigenvalue weighted by atomic mass is 19.1. The van der Waals surface area contributed by atoms with Gasteiger partial charge in [0.05, 0.1) is 0 Å². The van der Waals surface area contributed by atoms with E-state index in [9.17, 15) is 9.18 Å². The van der Waals surface area contributed by atoms with E-state index >= 15 is 0 Å². The van der Waals surface area contributed by atoms with E-state index < -0.39 is 6.17 Å². The largest absolute Gasteiger partial charge is 0.291 e. The van der Waals surface area contributed by atoms with Crippen molar-refractivity contribution in [3.63, 3.8) is 0 Å². The van der Waals surface area contributed by atoms with Crippen LogP contribution in [0, 0.1) is 0 Å². The predicted octanol–water partition coefficient (Wildman–Crippen LogP) is 1.62. The molecule has 0 aromatic rings. The Bertz CT molecular complexity index is 63.5. The Morgan fingerprint density at radius 3 is 2.75 bits per heavy atom. The van der Waals surface area contributed by atoms with Crippen LogP contribution in [0.3, 0.4) is 0 Å². The zero-order chi connectivity index (χ0) is 6.41. The van der Waals surface area contributed by atoms with E-state index in [0.717, 1.165) is 0 Å². The lowest BCUT2D eigenvalue weighted by atomic mass is 10.2. The van der Waals surface area contributed by atoms with E-state index in [-0.39, 0.29) is 6.42 Å². The van der Waals surface area contributed by atoms with Crippen LogP contribution in [0.5, 0.6) is 0 Å². The Morgan fingerprint density at radius 1 is 1.75 bits per heavy atom. The fourth-order valence-corrected chi connectivity index (χ4v) is 0.420. The van der Waals surface area contributed by atoms with Crippen molar-refractivity contribution in [1.29, 1.82) is 0 Å². The molecule has 1 radical (unpaired) electrons. The van der Waals surface area contributed by atoms with E-state index in [2.05, 4.69) is 0 Å². The fourth-order valence-electron chi connectivity index (χ4n) is 0.420. The van der Waals surface area contributed by atoms with Crippen LogP contribution in [0.25, 0.3) is 0 Å². The minimum atomic E-state index is -0.809. The monoisotopic (exact) mass is 117 g/mol. The molecule has 0 spiro atoms. The molecule has 0 N–H and O–H groups in total. The zero-order valence-corrected chi connectivity index (χ0v) is 4.98. The van der Waals surface area contributed by atoms with Gasteiger partial charge in [-0.3, -0.25) is 4.79 Å². The summed E-state index contributed by atoms with van der Waals surface area (Å²) < 4.78 is 12.1. The number of hydrogen-bond acceptors (Lipinski definition) is 1. The molecule has 47 valence electrons. The highest BCUT2D eigenvalue weighted by Crippen LogP contribution is 2.03. The lowest BCUT2D eigenvalue weighted by Gasteiger charge is -1.97. The molecule has 0 aromatic heterocycles. The summed E-state index contributed by atoms with van der Waals surface area (Å²) in [6.07, 6.45) is 1.90. The number of rotatable bonds is 4. The van der Waals surface area contributed by atoms with E-state index in [1.54, 1.807) is 13.2 Å². The van der Waals surface area contributed by atoms with Crippen molar-refractivity contribution in [2.45, 2.75) is 32.4 Å². The lowest BCUT2D eigenvalue weighted by Crippen LogP contribution is -1.96. The molecule has 0 heterocycles. The highest BCUT2D eigenvalue weighted by molar-refractivity contribution is 5.50. The molecule has 0 saturated heterocycles. The third kappa shape index (κ3) is 3.78. The summed E-state index contributed by atoms with van der Waals surface area (Å²) >= 11 is 0. The van der Waals surface area contributed by atoms with Crippen molar-refractivity contribution in [2.24, 2.45) is 0 Å². The van der Waals surface area contributed by atoms with Crippen LogP contribution in [0.2, 0.25) is 0 Å². The Hall–Kier alpha value is -0.400. The average Bonchev–Trinajstić information content (AvgIpc) is 1.83. The van der Waals surface area contributed by atoms with Crippen LogP contribution in [0.1, 0.15) is 26.2 Å². The quantitative estimate of drug-likeness (QED) is 0.547. The minimum Gasteiger partial charge on any atom is -0.291 e. The Kier molecular flexibility index (Phi) is 4.51. The van der Waals surface area contributed by atoms with Gasteiger partial charge >= 0.3 is 0 Å². The second-order valence-electron chi connectivity index (χ2n) is 1.69. The number of halogens is 1. The molecule has 0 aliphatic carbocycles. The van der Waals surface area contributed by atoms with Gasteiger partial charge in [0.15, 0.2) is 6.29 Å². The van der Waals surface area contributed by atoms with Gasteiger partial charge in [-0.05, 0) is 12.8 Å². The predicted molar refractivity (Wildman–Crippen MR) is 30.1 cm³/mol. The smallest absolute Gasteiger partial charge is 0.198 e. The topological polar surface area (TPSA) is 17.1 Å². The number of alkyl halides is 1. The van der Waals surface area contributed by atoms with Crippen LogP contribution < -0.4 is 0 Å². The van der Waals surface area contributed by atoms with Crippen LogP contribution in [-0.2, 0) is 4.79 Å². The van der Waals surface area contributed by atoms with Gasteiger partial charge in [0, 0.05) is 6.42 Å². The maximum atomic E-state index is 12.1. The van der Waals surface area contributed by atoms with Crippen molar-refractivity contribution in [3.8, 4) is 0 Å². The van der Waals surface area contributed by atoms with Gasteiger partial charge < -0.3 is 0 Å². The summed E-state index contributed by atoms with van der Waals surface area (Å²) in [7, 11) is 0. The molecule has 1 unspecified atom stereocenters. The Balaban J connectivity index is 2.97. The first kappa shape index (κ1) is 7.60. The molecule has 0 saturated carbocycles. The molecule has 1 atom stereocenters. The van der Waals surface area contributed by atoms with Crippen molar-refractivity contribution >= 4 is 6.29 Å². The molecule has 1 nitrogen and oxygen atoms in total. The van der Waals surface area contributed by atoms with E-state index in [0.29, 0.717) is 12.8 Å². The highest BCUT2D eigenvalue weighted by Gasteiger charge is 2.00.